The number of benzene rings is 1. The molecule has 0 aliphatic carbocycles. The van der Waals surface area contributed by atoms with Crippen molar-refractivity contribution < 1.29 is 0 Å². The zero-order valence-electron chi connectivity index (χ0n) is 12.6. The first-order valence-corrected chi connectivity index (χ1v) is 8.66. The van der Waals surface area contributed by atoms with E-state index in [1.165, 1.54) is 10.5 Å². The minimum Gasteiger partial charge on any atom is -0.283 e. The van der Waals surface area contributed by atoms with E-state index in [9.17, 15) is 0 Å². The molecule has 22 heavy (non-hydrogen) atoms. The summed E-state index contributed by atoms with van der Waals surface area (Å²) >= 11 is 7.24. The summed E-state index contributed by atoms with van der Waals surface area (Å²) < 4.78 is 4.51. The molecular weight excluding hydrogens is 312 g/mol. The molecule has 0 saturated carbocycles. The highest BCUT2D eigenvalue weighted by molar-refractivity contribution is 7.98. The van der Waals surface area contributed by atoms with E-state index in [0.29, 0.717) is 6.67 Å². The fourth-order valence-corrected chi connectivity index (χ4v) is 3.04. The monoisotopic (exact) mass is 330 g/mol. The van der Waals surface area contributed by atoms with Gasteiger partial charge in [0, 0.05) is 17.6 Å². The lowest BCUT2D eigenvalue weighted by Crippen LogP contribution is -2.22. The molecule has 3 rings (SSSR count). The number of pyridine rings is 1. The summed E-state index contributed by atoms with van der Waals surface area (Å²) in [5.41, 5.74) is 2.17. The van der Waals surface area contributed by atoms with E-state index in [1.807, 2.05) is 33.5 Å². The summed E-state index contributed by atoms with van der Waals surface area (Å²) in [6, 6.07) is 14.6. The van der Waals surface area contributed by atoms with Crippen LogP contribution in [0.5, 0.6) is 0 Å². The van der Waals surface area contributed by atoms with Crippen LogP contribution >= 0.6 is 24.0 Å². The van der Waals surface area contributed by atoms with Crippen molar-refractivity contribution in [3.63, 3.8) is 0 Å². The summed E-state index contributed by atoms with van der Waals surface area (Å²) in [5, 5.41) is 4.55. The average Bonchev–Trinajstić information content (AvgIpc) is 2.84. The van der Waals surface area contributed by atoms with Crippen molar-refractivity contribution in [3.8, 4) is 0 Å². The Kier molecular flexibility index (Phi) is 4.61. The van der Waals surface area contributed by atoms with E-state index in [1.54, 1.807) is 11.8 Å². The Hall–Kier alpha value is -1.63. The quantitative estimate of drug-likeness (QED) is 0.526. The molecule has 0 N–H and O–H groups in total. The molecule has 0 spiro atoms. The van der Waals surface area contributed by atoms with Gasteiger partial charge in [0.05, 0.1) is 6.67 Å². The highest BCUT2D eigenvalue weighted by Crippen LogP contribution is 2.15. The number of nitrogens with zero attached hydrogens (tertiary/aromatic N) is 4. The van der Waals surface area contributed by atoms with E-state index >= 15 is 0 Å². The summed E-state index contributed by atoms with van der Waals surface area (Å²) in [5.74, 6) is 0. The Morgan fingerprint density at radius 3 is 2.64 bits per heavy atom. The minimum atomic E-state index is 0.671. The number of rotatable bonds is 5. The van der Waals surface area contributed by atoms with Gasteiger partial charge in [0.15, 0.2) is 5.65 Å². The van der Waals surface area contributed by atoms with Crippen molar-refractivity contribution in [3.05, 3.63) is 59.0 Å². The maximum Gasteiger partial charge on any atom is 0.203 e. The number of hydrogen-bond donors (Lipinski definition) is 0. The SMILES string of the molecule is CSc1ccc(CN(C)Cn2nc3ccccn3c2=S)cc1. The van der Waals surface area contributed by atoms with Crippen molar-refractivity contribution in [2.75, 3.05) is 13.3 Å². The van der Waals surface area contributed by atoms with Crippen molar-refractivity contribution in [2.24, 2.45) is 0 Å². The van der Waals surface area contributed by atoms with Crippen LogP contribution in [0.1, 0.15) is 5.56 Å². The van der Waals surface area contributed by atoms with Crippen LogP contribution in [0.15, 0.2) is 53.6 Å². The molecule has 0 fully saturated rings. The van der Waals surface area contributed by atoms with Crippen LogP contribution in [0.2, 0.25) is 0 Å². The van der Waals surface area contributed by atoms with Gasteiger partial charge < -0.3 is 0 Å². The Morgan fingerprint density at radius 2 is 1.95 bits per heavy atom. The molecule has 1 aromatic carbocycles. The number of fused-ring (bicyclic) bond motifs is 1. The fourth-order valence-electron chi connectivity index (χ4n) is 2.38. The van der Waals surface area contributed by atoms with Gasteiger partial charge in [-0.1, -0.05) is 18.2 Å². The highest BCUT2D eigenvalue weighted by Gasteiger charge is 2.06. The van der Waals surface area contributed by atoms with Crippen molar-refractivity contribution in [1.82, 2.24) is 19.1 Å². The molecule has 0 unspecified atom stereocenters. The summed E-state index contributed by atoms with van der Waals surface area (Å²) in [6.45, 7) is 1.54. The predicted molar refractivity (Wildman–Crippen MR) is 93.7 cm³/mol. The van der Waals surface area contributed by atoms with Gasteiger partial charge in [0.1, 0.15) is 0 Å². The van der Waals surface area contributed by atoms with Gasteiger partial charge in [-0.05, 0) is 55.4 Å². The molecule has 3 aromatic rings. The van der Waals surface area contributed by atoms with Crippen LogP contribution in [-0.4, -0.2) is 32.4 Å². The summed E-state index contributed by atoms with van der Waals surface area (Å²) in [6.07, 6.45) is 4.04. The minimum absolute atomic E-state index is 0.671. The van der Waals surface area contributed by atoms with Crippen LogP contribution < -0.4 is 0 Å². The third-order valence-corrected chi connectivity index (χ3v) is 4.63. The lowest BCUT2D eigenvalue weighted by molar-refractivity contribution is 0.244. The fraction of sp³-hybridized carbons (Fsp3) is 0.250. The normalized spacial score (nSPS) is 11.4. The maximum absolute atomic E-state index is 5.48. The molecular formula is C16H18N4S2. The van der Waals surface area contributed by atoms with Crippen LogP contribution in [0.25, 0.3) is 5.65 Å². The van der Waals surface area contributed by atoms with E-state index in [0.717, 1.165) is 17.0 Å². The standard InChI is InChI=1S/C16H18N4S2/c1-18(11-13-6-8-14(22-2)9-7-13)12-20-16(21)19-10-4-3-5-15(19)17-20/h3-10H,11-12H2,1-2H3. The predicted octanol–water partition coefficient (Wildman–Crippen LogP) is 3.68. The van der Waals surface area contributed by atoms with Gasteiger partial charge in [-0.3, -0.25) is 9.30 Å². The Bertz CT molecular complexity index is 820. The largest absolute Gasteiger partial charge is 0.283 e. The van der Waals surface area contributed by atoms with Gasteiger partial charge in [-0.15, -0.1) is 11.8 Å². The second-order valence-corrected chi connectivity index (χ2v) is 6.46. The Balaban J connectivity index is 1.73. The molecule has 0 bridgehead atoms. The second kappa shape index (κ2) is 6.64. The lowest BCUT2D eigenvalue weighted by atomic mass is 10.2. The van der Waals surface area contributed by atoms with Gasteiger partial charge in [0.25, 0.3) is 0 Å². The Morgan fingerprint density at radius 1 is 1.18 bits per heavy atom. The van der Waals surface area contributed by atoms with Crippen LogP contribution in [-0.2, 0) is 13.2 Å². The van der Waals surface area contributed by atoms with Gasteiger partial charge in [0.2, 0.25) is 4.77 Å². The lowest BCUT2D eigenvalue weighted by Gasteiger charge is -2.16. The summed E-state index contributed by atoms with van der Waals surface area (Å²) in [7, 11) is 2.08. The van der Waals surface area contributed by atoms with Gasteiger partial charge in [-0.25, -0.2) is 4.68 Å². The Labute approximate surface area is 139 Å². The first kappa shape index (κ1) is 15.3. The molecule has 4 nitrogen and oxygen atoms in total. The average molecular weight is 330 g/mol. The van der Waals surface area contributed by atoms with E-state index in [2.05, 4.69) is 47.6 Å². The first-order valence-electron chi connectivity index (χ1n) is 7.03. The van der Waals surface area contributed by atoms with E-state index in [-0.39, 0.29) is 0 Å². The van der Waals surface area contributed by atoms with Crippen molar-refractivity contribution in [1.29, 1.82) is 0 Å². The zero-order valence-corrected chi connectivity index (χ0v) is 14.3. The zero-order chi connectivity index (χ0) is 15.5. The number of hydrogen-bond acceptors (Lipinski definition) is 4. The molecule has 114 valence electrons. The van der Waals surface area contributed by atoms with Crippen LogP contribution in [0.4, 0.5) is 0 Å². The summed E-state index contributed by atoms with van der Waals surface area (Å²) in [4.78, 5) is 3.49. The molecule has 0 atom stereocenters. The molecule has 0 radical (unpaired) electrons. The topological polar surface area (TPSA) is 25.5 Å². The molecule has 6 heteroatoms. The molecule has 0 aliphatic heterocycles. The third kappa shape index (κ3) is 3.24. The molecule has 2 aromatic heterocycles. The smallest absolute Gasteiger partial charge is 0.203 e. The van der Waals surface area contributed by atoms with E-state index < -0.39 is 0 Å². The van der Waals surface area contributed by atoms with Crippen molar-refractivity contribution >= 4 is 29.6 Å². The second-order valence-electron chi connectivity index (χ2n) is 5.21. The number of aromatic nitrogens is 3. The third-order valence-electron chi connectivity index (χ3n) is 3.48. The molecule has 2 heterocycles. The highest BCUT2D eigenvalue weighted by atomic mass is 32.2. The molecule has 0 amide bonds. The first-order chi connectivity index (χ1) is 10.7. The van der Waals surface area contributed by atoms with E-state index in [4.69, 9.17) is 12.2 Å². The van der Waals surface area contributed by atoms with Gasteiger partial charge >= 0.3 is 0 Å². The molecule has 0 saturated heterocycles. The van der Waals surface area contributed by atoms with Crippen molar-refractivity contribution in [2.45, 2.75) is 18.1 Å². The van der Waals surface area contributed by atoms with Crippen LogP contribution in [0.3, 0.4) is 0 Å². The van der Waals surface area contributed by atoms with Gasteiger partial charge in [-0.2, -0.15) is 5.10 Å². The number of thioether (sulfide) groups is 1. The van der Waals surface area contributed by atoms with Crippen LogP contribution in [0, 0.1) is 4.77 Å². The maximum atomic E-state index is 5.48. The molecule has 0 aliphatic rings.